The number of hydrogen-bond acceptors (Lipinski definition) is 2. The van der Waals surface area contributed by atoms with Crippen LogP contribution in [0.2, 0.25) is 0 Å². The molecule has 0 radical (unpaired) electrons. The summed E-state index contributed by atoms with van der Waals surface area (Å²) in [5.41, 5.74) is 0.489. The van der Waals surface area contributed by atoms with Crippen LogP contribution in [0.15, 0.2) is 12.2 Å². The SMILES string of the molecule is CC.CC.CC=CCCN(CC)CCC1NCCC1(C)C.[HH]. The second-order valence-corrected chi connectivity index (χ2v) is 5.83. The van der Waals surface area contributed by atoms with Crippen molar-refractivity contribution in [2.75, 3.05) is 26.2 Å². The number of rotatable bonds is 7. The standard InChI is InChI=1S/C15H30N2.2C2H6.H2/c1-5-7-8-12-17(6-2)13-9-14-15(3,4)10-11-16-14;2*1-2;/h5,7,14,16H,6,8-13H2,1-4H3;2*1-2H3;1H. The molecule has 1 aliphatic rings. The molecule has 0 aromatic heterocycles. The zero-order chi connectivity index (χ0) is 16.7. The summed E-state index contributed by atoms with van der Waals surface area (Å²) >= 11 is 0. The predicted octanol–water partition coefficient (Wildman–Crippen LogP) is 5.35. The third kappa shape index (κ3) is 10.1. The summed E-state index contributed by atoms with van der Waals surface area (Å²) in [6.45, 7) is 22.0. The molecule has 0 aliphatic carbocycles. The van der Waals surface area contributed by atoms with Crippen molar-refractivity contribution >= 4 is 0 Å². The summed E-state index contributed by atoms with van der Waals surface area (Å²) < 4.78 is 0. The third-order valence-electron chi connectivity index (χ3n) is 4.13. The summed E-state index contributed by atoms with van der Waals surface area (Å²) in [6, 6.07) is 0.707. The van der Waals surface area contributed by atoms with E-state index in [1.807, 2.05) is 27.7 Å². The second-order valence-electron chi connectivity index (χ2n) is 5.83. The minimum absolute atomic E-state index is 0. The largest absolute Gasteiger partial charge is 0.313 e. The van der Waals surface area contributed by atoms with Crippen LogP contribution >= 0.6 is 0 Å². The fourth-order valence-corrected chi connectivity index (χ4v) is 2.68. The minimum atomic E-state index is 0. The fourth-order valence-electron chi connectivity index (χ4n) is 2.68. The second kappa shape index (κ2) is 14.6. The first kappa shape index (κ1) is 22.9. The van der Waals surface area contributed by atoms with Gasteiger partial charge in [-0.3, -0.25) is 0 Å². The Labute approximate surface area is 136 Å². The molecule has 0 aromatic carbocycles. The van der Waals surface area contributed by atoms with Crippen molar-refractivity contribution in [1.29, 1.82) is 0 Å². The fraction of sp³-hybridized carbons (Fsp3) is 0.895. The van der Waals surface area contributed by atoms with Crippen molar-refractivity contribution in [2.45, 2.75) is 80.7 Å². The van der Waals surface area contributed by atoms with Crippen molar-refractivity contribution in [3.8, 4) is 0 Å². The van der Waals surface area contributed by atoms with Gasteiger partial charge >= 0.3 is 0 Å². The highest BCUT2D eigenvalue weighted by molar-refractivity contribution is 4.91. The van der Waals surface area contributed by atoms with Gasteiger partial charge in [0.05, 0.1) is 0 Å². The Balaban J connectivity index is -0.000000665. The lowest BCUT2D eigenvalue weighted by molar-refractivity contribution is 0.234. The molecule has 0 aromatic rings. The van der Waals surface area contributed by atoms with E-state index >= 15 is 0 Å². The van der Waals surface area contributed by atoms with Gasteiger partial charge in [0.2, 0.25) is 0 Å². The van der Waals surface area contributed by atoms with Gasteiger partial charge in [0, 0.05) is 14.0 Å². The molecule has 1 saturated heterocycles. The quantitative estimate of drug-likeness (QED) is 0.637. The van der Waals surface area contributed by atoms with Gasteiger partial charge in [-0.05, 0) is 51.2 Å². The average Bonchev–Trinajstić information content (AvgIpc) is 2.85. The Morgan fingerprint density at radius 3 is 2.24 bits per heavy atom. The number of nitrogens with zero attached hydrogens (tertiary/aromatic N) is 1. The van der Waals surface area contributed by atoms with Gasteiger partial charge < -0.3 is 10.2 Å². The molecule has 1 heterocycles. The Kier molecular flexibility index (Phi) is 15.9. The van der Waals surface area contributed by atoms with E-state index in [-0.39, 0.29) is 1.43 Å². The molecular formula is C19H44N2. The minimum Gasteiger partial charge on any atom is -0.313 e. The van der Waals surface area contributed by atoms with Crippen LogP contribution in [0.3, 0.4) is 0 Å². The maximum absolute atomic E-state index is 3.65. The maximum atomic E-state index is 3.65. The Morgan fingerprint density at radius 2 is 1.81 bits per heavy atom. The molecule has 1 N–H and O–H groups in total. The van der Waals surface area contributed by atoms with Crippen LogP contribution in [-0.4, -0.2) is 37.1 Å². The Bertz CT molecular complexity index is 240. The summed E-state index contributed by atoms with van der Waals surface area (Å²) in [4.78, 5) is 2.57. The highest BCUT2D eigenvalue weighted by atomic mass is 15.1. The molecule has 1 rings (SSSR count). The molecule has 130 valence electrons. The first-order chi connectivity index (χ1) is 10.1. The molecule has 0 saturated carbocycles. The van der Waals surface area contributed by atoms with Gasteiger partial charge in [-0.15, -0.1) is 0 Å². The van der Waals surface area contributed by atoms with Crippen molar-refractivity contribution in [3.63, 3.8) is 0 Å². The number of hydrogen-bond donors (Lipinski definition) is 1. The number of allylic oxidation sites excluding steroid dienone is 1. The van der Waals surface area contributed by atoms with Gasteiger partial charge in [-0.2, -0.15) is 0 Å². The van der Waals surface area contributed by atoms with Crippen molar-refractivity contribution in [3.05, 3.63) is 12.2 Å². The molecule has 1 unspecified atom stereocenters. The van der Waals surface area contributed by atoms with Crippen LogP contribution in [0.4, 0.5) is 0 Å². The smallest absolute Gasteiger partial charge is 0.0131 e. The lowest BCUT2D eigenvalue weighted by Gasteiger charge is -2.29. The van der Waals surface area contributed by atoms with Gasteiger partial charge in [-0.1, -0.05) is 60.6 Å². The van der Waals surface area contributed by atoms with E-state index in [1.54, 1.807) is 0 Å². The van der Waals surface area contributed by atoms with E-state index in [1.165, 1.54) is 45.4 Å². The van der Waals surface area contributed by atoms with E-state index in [2.05, 4.69) is 50.1 Å². The first-order valence-electron chi connectivity index (χ1n) is 9.17. The van der Waals surface area contributed by atoms with Crippen molar-refractivity contribution in [2.24, 2.45) is 5.41 Å². The molecule has 0 bridgehead atoms. The highest BCUT2D eigenvalue weighted by Crippen LogP contribution is 2.31. The lowest BCUT2D eigenvalue weighted by Crippen LogP contribution is -2.37. The monoisotopic (exact) mass is 300 g/mol. The average molecular weight is 301 g/mol. The molecule has 2 nitrogen and oxygen atoms in total. The molecule has 1 fully saturated rings. The van der Waals surface area contributed by atoms with Crippen LogP contribution in [0.1, 0.15) is 76.1 Å². The van der Waals surface area contributed by atoms with E-state index in [0.29, 0.717) is 11.5 Å². The topological polar surface area (TPSA) is 15.3 Å². The highest BCUT2D eigenvalue weighted by Gasteiger charge is 2.33. The van der Waals surface area contributed by atoms with Crippen LogP contribution in [0.5, 0.6) is 0 Å². The van der Waals surface area contributed by atoms with Crippen LogP contribution < -0.4 is 5.32 Å². The van der Waals surface area contributed by atoms with E-state index in [0.717, 1.165) is 0 Å². The summed E-state index contributed by atoms with van der Waals surface area (Å²) in [6.07, 6.45) is 8.21. The molecule has 21 heavy (non-hydrogen) atoms. The molecule has 0 amide bonds. The van der Waals surface area contributed by atoms with Gasteiger partial charge in [0.25, 0.3) is 0 Å². The van der Waals surface area contributed by atoms with Crippen LogP contribution in [-0.2, 0) is 0 Å². The Morgan fingerprint density at radius 1 is 1.19 bits per heavy atom. The van der Waals surface area contributed by atoms with Crippen LogP contribution in [0.25, 0.3) is 0 Å². The molecular weight excluding hydrogens is 256 g/mol. The molecule has 1 aliphatic heterocycles. The summed E-state index contributed by atoms with van der Waals surface area (Å²) in [5.74, 6) is 0. The maximum Gasteiger partial charge on any atom is 0.0131 e. The zero-order valence-electron chi connectivity index (χ0n) is 16.1. The van der Waals surface area contributed by atoms with E-state index in [9.17, 15) is 0 Å². The Hall–Kier alpha value is -0.340. The zero-order valence-corrected chi connectivity index (χ0v) is 16.1. The summed E-state index contributed by atoms with van der Waals surface area (Å²) in [7, 11) is 0. The van der Waals surface area contributed by atoms with Crippen molar-refractivity contribution < 1.29 is 1.43 Å². The molecule has 0 spiro atoms. The lowest BCUT2D eigenvalue weighted by atomic mass is 9.83. The summed E-state index contributed by atoms with van der Waals surface area (Å²) in [5, 5.41) is 3.65. The van der Waals surface area contributed by atoms with Gasteiger partial charge in [0.15, 0.2) is 0 Å². The third-order valence-corrected chi connectivity index (χ3v) is 4.13. The molecule has 2 heteroatoms. The normalized spacial score (nSPS) is 20.0. The predicted molar refractivity (Wildman–Crippen MR) is 101 cm³/mol. The van der Waals surface area contributed by atoms with E-state index in [4.69, 9.17) is 0 Å². The van der Waals surface area contributed by atoms with Crippen molar-refractivity contribution in [1.82, 2.24) is 10.2 Å². The van der Waals surface area contributed by atoms with Crippen LogP contribution in [0, 0.1) is 5.41 Å². The van der Waals surface area contributed by atoms with Gasteiger partial charge in [-0.25, -0.2) is 0 Å². The van der Waals surface area contributed by atoms with Gasteiger partial charge in [0.1, 0.15) is 0 Å². The molecule has 1 atom stereocenters. The first-order valence-corrected chi connectivity index (χ1v) is 9.17. The number of nitrogens with one attached hydrogen (secondary N) is 1. The van der Waals surface area contributed by atoms with E-state index < -0.39 is 0 Å².